The van der Waals surface area contributed by atoms with Crippen LogP contribution in [0.3, 0.4) is 0 Å². The molecular weight excluding hydrogens is 278 g/mol. The number of hydrogen-bond donors (Lipinski definition) is 1. The Labute approximate surface area is 121 Å². The summed E-state index contributed by atoms with van der Waals surface area (Å²) in [5.74, 6) is 1.55. The Morgan fingerprint density at radius 1 is 1.26 bits per heavy atom. The third-order valence-electron chi connectivity index (χ3n) is 2.34. The molecule has 0 atom stereocenters. The van der Waals surface area contributed by atoms with Crippen molar-refractivity contribution >= 4 is 29.2 Å². The molecule has 0 saturated heterocycles. The van der Waals surface area contributed by atoms with Gasteiger partial charge in [-0.05, 0) is 24.3 Å². The third-order valence-corrected chi connectivity index (χ3v) is 3.55. The van der Waals surface area contributed by atoms with E-state index in [2.05, 4.69) is 28.5 Å². The van der Waals surface area contributed by atoms with Gasteiger partial charge in [-0.1, -0.05) is 29.8 Å². The van der Waals surface area contributed by atoms with E-state index in [4.69, 9.17) is 16.9 Å². The Hall–Kier alpha value is -1.70. The maximum absolute atomic E-state index is 8.84. The van der Waals surface area contributed by atoms with Gasteiger partial charge >= 0.3 is 0 Å². The van der Waals surface area contributed by atoms with Gasteiger partial charge in [-0.25, -0.2) is 4.98 Å². The Morgan fingerprint density at radius 2 is 2.05 bits per heavy atom. The molecule has 0 spiro atoms. The van der Waals surface area contributed by atoms with Crippen molar-refractivity contribution in [1.29, 1.82) is 5.26 Å². The van der Waals surface area contributed by atoms with E-state index in [0.717, 1.165) is 12.3 Å². The van der Waals surface area contributed by atoms with E-state index in [9.17, 15) is 0 Å². The average Bonchev–Trinajstić information content (AvgIpc) is 2.44. The van der Waals surface area contributed by atoms with Crippen LogP contribution >= 0.6 is 23.4 Å². The molecular formula is C14H12ClN3S. The molecule has 5 heteroatoms. The first-order chi connectivity index (χ1) is 9.28. The highest BCUT2D eigenvalue weighted by Gasteiger charge is 2.00. The van der Waals surface area contributed by atoms with Crippen molar-refractivity contribution < 1.29 is 0 Å². The summed E-state index contributed by atoms with van der Waals surface area (Å²) >= 11 is 7.60. The monoisotopic (exact) mass is 289 g/mol. The van der Waals surface area contributed by atoms with Crippen molar-refractivity contribution in [3.63, 3.8) is 0 Å². The van der Waals surface area contributed by atoms with Gasteiger partial charge in [0.05, 0.1) is 11.6 Å². The molecule has 0 bridgehead atoms. The summed E-state index contributed by atoms with van der Waals surface area (Å²) in [4.78, 5) is 5.36. The van der Waals surface area contributed by atoms with Crippen LogP contribution in [0.5, 0.6) is 0 Å². The Kier molecular flexibility index (Phi) is 5.08. The summed E-state index contributed by atoms with van der Waals surface area (Å²) in [6.45, 7) is 0.762. The molecule has 1 heterocycles. The molecule has 0 aliphatic rings. The lowest BCUT2D eigenvalue weighted by Crippen LogP contribution is -2.05. The Bertz CT molecular complexity index is 581. The highest BCUT2D eigenvalue weighted by Crippen LogP contribution is 2.17. The largest absolute Gasteiger partial charge is 0.369 e. The topological polar surface area (TPSA) is 48.7 Å². The molecule has 1 aromatic heterocycles. The molecule has 0 fully saturated rings. The first-order valence-electron chi connectivity index (χ1n) is 5.77. The molecule has 2 aromatic rings. The molecule has 3 nitrogen and oxygen atoms in total. The van der Waals surface area contributed by atoms with Crippen LogP contribution in [0.25, 0.3) is 0 Å². The lowest BCUT2D eigenvalue weighted by atomic mass is 10.3. The van der Waals surface area contributed by atoms with E-state index in [1.165, 1.54) is 4.90 Å². The van der Waals surface area contributed by atoms with Gasteiger partial charge in [0, 0.05) is 17.2 Å². The van der Waals surface area contributed by atoms with Gasteiger partial charge in [-0.3, -0.25) is 0 Å². The average molecular weight is 290 g/mol. The van der Waals surface area contributed by atoms with E-state index in [1.54, 1.807) is 23.9 Å². The lowest BCUT2D eigenvalue weighted by molar-refractivity contribution is 1.16. The van der Waals surface area contributed by atoms with Gasteiger partial charge < -0.3 is 5.32 Å². The molecule has 0 unspecified atom stereocenters. The van der Waals surface area contributed by atoms with Crippen LogP contribution in [0.4, 0.5) is 5.82 Å². The number of halogens is 1. The number of benzene rings is 1. The molecule has 0 aliphatic carbocycles. The standard InChI is InChI=1S/C14H12ClN3S/c15-13-8-11(10-16)9-14(18-13)17-6-7-19-12-4-2-1-3-5-12/h1-5,8-9H,6-7H2,(H,17,18). The van der Waals surface area contributed by atoms with Gasteiger partial charge in [0.2, 0.25) is 0 Å². The van der Waals surface area contributed by atoms with Crippen molar-refractivity contribution in [2.45, 2.75) is 4.90 Å². The van der Waals surface area contributed by atoms with Gasteiger partial charge in [0.1, 0.15) is 11.0 Å². The molecule has 0 aliphatic heterocycles. The number of rotatable bonds is 5. The summed E-state index contributed by atoms with van der Waals surface area (Å²) < 4.78 is 0. The predicted octanol–water partition coefficient (Wildman–Crippen LogP) is 3.81. The number of nitrogens with one attached hydrogen (secondary N) is 1. The van der Waals surface area contributed by atoms with Crippen LogP contribution in [0.2, 0.25) is 5.15 Å². The zero-order valence-corrected chi connectivity index (χ0v) is 11.7. The van der Waals surface area contributed by atoms with Crippen LogP contribution in [-0.4, -0.2) is 17.3 Å². The highest BCUT2D eigenvalue weighted by atomic mass is 35.5. The number of nitriles is 1. The van der Waals surface area contributed by atoms with Crippen molar-refractivity contribution in [2.75, 3.05) is 17.6 Å². The number of thioether (sulfide) groups is 1. The molecule has 0 radical (unpaired) electrons. The van der Waals surface area contributed by atoms with E-state index in [-0.39, 0.29) is 0 Å². The van der Waals surface area contributed by atoms with Crippen LogP contribution in [0, 0.1) is 11.3 Å². The molecule has 96 valence electrons. The van der Waals surface area contributed by atoms with Crippen LogP contribution in [0.1, 0.15) is 5.56 Å². The van der Waals surface area contributed by atoms with Crippen LogP contribution in [-0.2, 0) is 0 Å². The SMILES string of the molecule is N#Cc1cc(Cl)nc(NCCSc2ccccc2)c1. The summed E-state index contributed by atoms with van der Waals surface area (Å²) in [6, 6.07) is 15.5. The normalized spacial score (nSPS) is 9.89. The predicted molar refractivity (Wildman–Crippen MR) is 79.6 cm³/mol. The Morgan fingerprint density at radius 3 is 2.79 bits per heavy atom. The molecule has 2 rings (SSSR count). The number of pyridine rings is 1. The van der Waals surface area contributed by atoms with Gasteiger partial charge in [0.25, 0.3) is 0 Å². The smallest absolute Gasteiger partial charge is 0.132 e. The third kappa shape index (κ3) is 4.47. The first kappa shape index (κ1) is 13.7. The van der Waals surface area contributed by atoms with Gasteiger partial charge in [-0.2, -0.15) is 5.26 Å². The fourth-order valence-corrected chi connectivity index (χ4v) is 2.51. The zero-order valence-electron chi connectivity index (χ0n) is 10.1. The van der Waals surface area contributed by atoms with Crippen molar-refractivity contribution in [3.8, 4) is 6.07 Å². The maximum Gasteiger partial charge on any atom is 0.132 e. The van der Waals surface area contributed by atoms with Crippen LogP contribution < -0.4 is 5.32 Å². The Balaban J connectivity index is 1.83. The second kappa shape index (κ2) is 7.03. The van der Waals surface area contributed by atoms with E-state index < -0.39 is 0 Å². The second-order valence-electron chi connectivity index (χ2n) is 3.76. The van der Waals surface area contributed by atoms with E-state index >= 15 is 0 Å². The minimum atomic E-state index is 0.331. The molecule has 1 N–H and O–H groups in total. The number of aromatic nitrogens is 1. The minimum Gasteiger partial charge on any atom is -0.369 e. The van der Waals surface area contributed by atoms with Crippen molar-refractivity contribution in [2.24, 2.45) is 0 Å². The fourth-order valence-electron chi connectivity index (χ4n) is 1.52. The molecule has 19 heavy (non-hydrogen) atoms. The second-order valence-corrected chi connectivity index (χ2v) is 5.32. The lowest BCUT2D eigenvalue weighted by Gasteiger charge is -2.06. The van der Waals surface area contributed by atoms with Crippen LogP contribution in [0.15, 0.2) is 47.4 Å². The number of anilines is 1. The number of hydrogen-bond acceptors (Lipinski definition) is 4. The number of nitrogens with zero attached hydrogens (tertiary/aromatic N) is 2. The molecule has 1 aromatic carbocycles. The highest BCUT2D eigenvalue weighted by molar-refractivity contribution is 7.99. The summed E-state index contributed by atoms with van der Waals surface area (Å²) in [6.07, 6.45) is 0. The maximum atomic E-state index is 8.84. The zero-order chi connectivity index (χ0) is 13.5. The van der Waals surface area contributed by atoms with Crippen molar-refractivity contribution in [1.82, 2.24) is 4.98 Å². The van der Waals surface area contributed by atoms with Gasteiger partial charge in [0.15, 0.2) is 0 Å². The van der Waals surface area contributed by atoms with Crippen molar-refractivity contribution in [3.05, 3.63) is 53.2 Å². The quantitative estimate of drug-likeness (QED) is 0.516. The fraction of sp³-hybridized carbons (Fsp3) is 0.143. The van der Waals surface area contributed by atoms with Gasteiger partial charge in [-0.15, -0.1) is 11.8 Å². The minimum absolute atomic E-state index is 0.331. The summed E-state index contributed by atoms with van der Waals surface area (Å²) in [5.41, 5.74) is 0.512. The first-order valence-corrected chi connectivity index (χ1v) is 7.14. The molecule has 0 saturated carbocycles. The summed E-state index contributed by atoms with van der Waals surface area (Å²) in [7, 11) is 0. The summed E-state index contributed by atoms with van der Waals surface area (Å²) in [5, 5.41) is 12.3. The molecule has 0 amide bonds. The van der Waals surface area contributed by atoms with E-state index in [0.29, 0.717) is 16.5 Å². The van der Waals surface area contributed by atoms with E-state index in [1.807, 2.05) is 18.2 Å².